The zero-order valence-electron chi connectivity index (χ0n) is 12.2. The lowest BCUT2D eigenvalue weighted by Crippen LogP contribution is -2.44. The predicted octanol–water partition coefficient (Wildman–Crippen LogP) is 4.10. The van der Waals surface area contributed by atoms with Gasteiger partial charge in [-0.15, -0.1) is 0 Å². The Hall–Kier alpha value is -2.00. The Morgan fingerprint density at radius 2 is 1.82 bits per heavy atom. The molecule has 1 aliphatic heterocycles. The first kappa shape index (κ1) is 13.6. The molecule has 0 saturated heterocycles. The number of anilines is 1. The van der Waals surface area contributed by atoms with E-state index in [1.165, 1.54) is 5.56 Å². The molecule has 1 aliphatic carbocycles. The molecular formula is C18H17ClN2O. The quantitative estimate of drug-likeness (QED) is 0.889. The second-order valence-corrected chi connectivity index (χ2v) is 6.49. The SMILES string of the molecule is O=C(NC1(c2ccc(Cl)cc2)CC1)N1CCc2ccccc21. The molecular weight excluding hydrogens is 296 g/mol. The van der Waals surface area contributed by atoms with Crippen LogP contribution < -0.4 is 10.2 Å². The lowest BCUT2D eigenvalue weighted by Gasteiger charge is -2.24. The molecule has 2 aromatic rings. The molecule has 1 saturated carbocycles. The number of carbonyl (C=O) groups is 1. The molecule has 0 unspecified atom stereocenters. The molecule has 4 rings (SSSR count). The van der Waals surface area contributed by atoms with Crippen molar-refractivity contribution in [1.82, 2.24) is 5.32 Å². The molecule has 112 valence electrons. The molecule has 0 aromatic heterocycles. The minimum atomic E-state index is -0.209. The number of para-hydroxylation sites is 1. The van der Waals surface area contributed by atoms with Crippen LogP contribution in [0, 0.1) is 0 Å². The molecule has 3 nitrogen and oxygen atoms in total. The van der Waals surface area contributed by atoms with E-state index in [0.29, 0.717) is 0 Å². The first-order valence-electron chi connectivity index (χ1n) is 7.62. The van der Waals surface area contributed by atoms with E-state index in [1.54, 1.807) is 0 Å². The van der Waals surface area contributed by atoms with Crippen LogP contribution in [0.1, 0.15) is 24.0 Å². The maximum atomic E-state index is 12.7. The summed E-state index contributed by atoms with van der Waals surface area (Å²) in [6.45, 7) is 0.752. The molecule has 1 fully saturated rings. The van der Waals surface area contributed by atoms with Crippen LogP contribution in [0.2, 0.25) is 5.02 Å². The molecule has 1 heterocycles. The number of carbonyl (C=O) groups excluding carboxylic acids is 1. The fourth-order valence-corrected chi connectivity index (χ4v) is 3.33. The second-order valence-electron chi connectivity index (χ2n) is 6.05. The van der Waals surface area contributed by atoms with Crippen LogP contribution in [0.5, 0.6) is 0 Å². The van der Waals surface area contributed by atoms with E-state index < -0.39 is 0 Å². The summed E-state index contributed by atoms with van der Waals surface area (Å²) in [5.74, 6) is 0. The van der Waals surface area contributed by atoms with Crippen molar-refractivity contribution in [2.75, 3.05) is 11.4 Å². The van der Waals surface area contributed by atoms with Crippen molar-refractivity contribution in [3.05, 3.63) is 64.7 Å². The Kier molecular flexibility index (Phi) is 3.12. The fourth-order valence-electron chi connectivity index (χ4n) is 3.20. The van der Waals surface area contributed by atoms with Gasteiger partial charge in [-0.2, -0.15) is 0 Å². The third kappa shape index (κ3) is 2.26. The molecule has 22 heavy (non-hydrogen) atoms. The summed E-state index contributed by atoms with van der Waals surface area (Å²) in [6, 6.07) is 15.9. The minimum absolute atomic E-state index is 0.00241. The molecule has 1 N–H and O–H groups in total. The molecule has 2 aliphatic rings. The molecule has 0 bridgehead atoms. The smallest absolute Gasteiger partial charge is 0.322 e. The Bertz CT molecular complexity index is 722. The highest BCUT2D eigenvalue weighted by molar-refractivity contribution is 6.30. The lowest BCUT2D eigenvalue weighted by atomic mass is 10.1. The van der Waals surface area contributed by atoms with Gasteiger partial charge >= 0.3 is 6.03 Å². The van der Waals surface area contributed by atoms with Crippen molar-refractivity contribution in [2.45, 2.75) is 24.8 Å². The van der Waals surface area contributed by atoms with Gasteiger partial charge in [-0.3, -0.25) is 4.90 Å². The summed E-state index contributed by atoms with van der Waals surface area (Å²) >= 11 is 5.95. The van der Waals surface area contributed by atoms with Gasteiger partial charge in [0, 0.05) is 17.3 Å². The van der Waals surface area contributed by atoms with E-state index in [9.17, 15) is 4.79 Å². The summed E-state index contributed by atoms with van der Waals surface area (Å²) in [6.07, 6.45) is 2.89. The highest BCUT2D eigenvalue weighted by atomic mass is 35.5. The van der Waals surface area contributed by atoms with Gasteiger partial charge in [0.05, 0.1) is 5.54 Å². The molecule has 0 spiro atoms. The number of hydrogen-bond donors (Lipinski definition) is 1. The van der Waals surface area contributed by atoms with E-state index in [0.717, 1.165) is 42.1 Å². The predicted molar refractivity (Wildman–Crippen MR) is 88.4 cm³/mol. The fraction of sp³-hybridized carbons (Fsp3) is 0.278. The molecule has 2 amide bonds. The molecule has 0 atom stereocenters. The normalized spacial score (nSPS) is 18.0. The zero-order chi connectivity index (χ0) is 15.2. The number of hydrogen-bond acceptors (Lipinski definition) is 1. The van der Waals surface area contributed by atoms with Gasteiger partial charge in [0.15, 0.2) is 0 Å². The Morgan fingerprint density at radius 3 is 2.55 bits per heavy atom. The standard InChI is InChI=1S/C18H17ClN2O/c19-15-7-5-14(6-8-15)18(10-11-18)20-17(22)21-12-9-13-3-1-2-4-16(13)21/h1-8H,9-12H2,(H,20,22). The van der Waals surface area contributed by atoms with E-state index in [4.69, 9.17) is 11.6 Å². The largest absolute Gasteiger partial charge is 0.328 e. The van der Waals surface area contributed by atoms with Crippen LogP contribution in [0.4, 0.5) is 10.5 Å². The highest BCUT2D eigenvalue weighted by Gasteiger charge is 2.46. The van der Waals surface area contributed by atoms with Crippen LogP contribution in [0.15, 0.2) is 48.5 Å². The summed E-state index contributed by atoms with van der Waals surface area (Å²) in [7, 11) is 0. The van der Waals surface area contributed by atoms with Gasteiger partial charge < -0.3 is 5.32 Å². The van der Waals surface area contributed by atoms with Crippen molar-refractivity contribution in [3.63, 3.8) is 0 Å². The number of urea groups is 1. The van der Waals surface area contributed by atoms with Gasteiger partial charge in [0.1, 0.15) is 0 Å². The number of nitrogens with zero attached hydrogens (tertiary/aromatic N) is 1. The monoisotopic (exact) mass is 312 g/mol. The topological polar surface area (TPSA) is 32.3 Å². The third-order valence-electron chi connectivity index (χ3n) is 4.63. The molecule has 2 aromatic carbocycles. The van der Waals surface area contributed by atoms with Crippen molar-refractivity contribution < 1.29 is 4.79 Å². The average molecular weight is 313 g/mol. The number of halogens is 1. The van der Waals surface area contributed by atoms with Gasteiger partial charge in [-0.05, 0) is 48.6 Å². The summed E-state index contributed by atoms with van der Waals surface area (Å²) in [4.78, 5) is 14.5. The zero-order valence-corrected chi connectivity index (χ0v) is 12.9. The van der Waals surface area contributed by atoms with E-state index in [-0.39, 0.29) is 11.6 Å². The Labute approximate surface area is 134 Å². The number of benzene rings is 2. The van der Waals surface area contributed by atoms with Crippen molar-refractivity contribution in [1.29, 1.82) is 0 Å². The Balaban J connectivity index is 1.54. The number of rotatable bonds is 2. The summed E-state index contributed by atoms with van der Waals surface area (Å²) in [5, 5.41) is 3.95. The van der Waals surface area contributed by atoms with Crippen LogP contribution in [0.25, 0.3) is 0 Å². The van der Waals surface area contributed by atoms with Crippen LogP contribution in [-0.2, 0) is 12.0 Å². The molecule has 4 heteroatoms. The number of fused-ring (bicyclic) bond motifs is 1. The minimum Gasteiger partial charge on any atom is -0.328 e. The Morgan fingerprint density at radius 1 is 1.09 bits per heavy atom. The second kappa shape index (κ2) is 5.03. The highest BCUT2D eigenvalue weighted by Crippen LogP contribution is 2.46. The van der Waals surface area contributed by atoms with Gasteiger partial charge in [0.2, 0.25) is 0 Å². The van der Waals surface area contributed by atoms with Crippen molar-refractivity contribution >= 4 is 23.3 Å². The summed E-state index contributed by atoms with van der Waals surface area (Å²) < 4.78 is 0. The maximum absolute atomic E-state index is 12.7. The number of amides is 2. The molecule has 0 radical (unpaired) electrons. The number of nitrogens with one attached hydrogen (secondary N) is 1. The maximum Gasteiger partial charge on any atom is 0.322 e. The lowest BCUT2D eigenvalue weighted by molar-refractivity contribution is 0.242. The van der Waals surface area contributed by atoms with E-state index >= 15 is 0 Å². The first-order chi connectivity index (χ1) is 10.7. The van der Waals surface area contributed by atoms with Crippen molar-refractivity contribution in [2.24, 2.45) is 0 Å². The average Bonchev–Trinajstić information content (AvgIpc) is 3.17. The van der Waals surface area contributed by atoms with Gasteiger partial charge in [-0.25, -0.2) is 4.79 Å². The van der Waals surface area contributed by atoms with Crippen LogP contribution >= 0.6 is 11.6 Å². The van der Waals surface area contributed by atoms with Gasteiger partial charge in [0.25, 0.3) is 0 Å². The van der Waals surface area contributed by atoms with Crippen molar-refractivity contribution in [3.8, 4) is 0 Å². The van der Waals surface area contributed by atoms with Crippen LogP contribution in [-0.4, -0.2) is 12.6 Å². The summed E-state index contributed by atoms with van der Waals surface area (Å²) in [5.41, 5.74) is 3.21. The van der Waals surface area contributed by atoms with E-state index in [1.807, 2.05) is 47.4 Å². The third-order valence-corrected chi connectivity index (χ3v) is 4.88. The first-order valence-corrected chi connectivity index (χ1v) is 7.99. The van der Waals surface area contributed by atoms with Gasteiger partial charge in [-0.1, -0.05) is 41.9 Å². The van der Waals surface area contributed by atoms with Crippen LogP contribution in [0.3, 0.4) is 0 Å². The van der Waals surface area contributed by atoms with E-state index in [2.05, 4.69) is 11.4 Å².